The van der Waals surface area contributed by atoms with Crippen LogP contribution in [0.5, 0.6) is 0 Å². The Balaban J connectivity index is 2.37. The predicted octanol–water partition coefficient (Wildman–Crippen LogP) is 4.17. The predicted molar refractivity (Wildman–Crippen MR) is 72.8 cm³/mol. The molecular weight excluding hydrogens is 208 g/mol. The second-order valence-electron chi connectivity index (χ2n) is 6.85. The van der Waals surface area contributed by atoms with Gasteiger partial charge in [0.2, 0.25) is 0 Å². The molecule has 0 aromatic carbocycles. The van der Waals surface area contributed by atoms with Crippen LogP contribution in [0, 0.1) is 22.7 Å². The van der Waals surface area contributed by atoms with Crippen molar-refractivity contribution in [1.29, 1.82) is 0 Å². The standard InChI is InChI=1S/C16H28O/c1-12-6-5-7-14-15(12,3)9-8-13(2)16(14,4)10-11-17/h6,13-14,17H,5,7-11H2,1-4H3/t13-,14+,15+,16+/m1/s1. The second-order valence-corrected chi connectivity index (χ2v) is 6.85. The van der Waals surface area contributed by atoms with Crippen LogP contribution in [-0.4, -0.2) is 11.7 Å². The molecule has 0 aliphatic heterocycles. The van der Waals surface area contributed by atoms with Crippen LogP contribution in [-0.2, 0) is 0 Å². The minimum absolute atomic E-state index is 0.331. The zero-order chi connectivity index (χ0) is 12.7. The maximum atomic E-state index is 9.43. The maximum Gasteiger partial charge on any atom is 0.0436 e. The van der Waals surface area contributed by atoms with Crippen molar-refractivity contribution >= 4 is 0 Å². The fourth-order valence-electron chi connectivity index (χ4n) is 4.57. The summed E-state index contributed by atoms with van der Waals surface area (Å²) in [7, 11) is 0. The highest BCUT2D eigenvalue weighted by Gasteiger charge is 2.52. The molecule has 2 rings (SSSR count). The van der Waals surface area contributed by atoms with Gasteiger partial charge in [0.15, 0.2) is 0 Å². The molecular formula is C16H28O. The Kier molecular flexibility index (Phi) is 3.42. The first kappa shape index (κ1) is 13.1. The van der Waals surface area contributed by atoms with Crippen LogP contribution in [0.3, 0.4) is 0 Å². The van der Waals surface area contributed by atoms with E-state index in [1.807, 2.05) is 0 Å². The van der Waals surface area contributed by atoms with Crippen molar-refractivity contribution < 1.29 is 5.11 Å². The van der Waals surface area contributed by atoms with Gasteiger partial charge < -0.3 is 5.11 Å². The summed E-state index contributed by atoms with van der Waals surface area (Å²) in [6.07, 6.45) is 8.62. The third-order valence-electron chi connectivity index (χ3n) is 6.24. The lowest BCUT2D eigenvalue weighted by Crippen LogP contribution is -2.50. The summed E-state index contributed by atoms with van der Waals surface area (Å²) in [5.74, 6) is 1.51. The van der Waals surface area contributed by atoms with Crippen molar-refractivity contribution in [3.8, 4) is 0 Å². The van der Waals surface area contributed by atoms with Crippen molar-refractivity contribution in [3.63, 3.8) is 0 Å². The molecule has 0 radical (unpaired) electrons. The fraction of sp³-hybridized carbons (Fsp3) is 0.875. The van der Waals surface area contributed by atoms with Gasteiger partial charge in [-0.05, 0) is 61.7 Å². The summed E-state index contributed by atoms with van der Waals surface area (Å²) in [6.45, 7) is 9.94. The largest absolute Gasteiger partial charge is 0.396 e. The van der Waals surface area contributed by atoms with Crippen LogP contribution < -0.4 is 0 Å². The molecule has 0 heterocycles. The quantitative estimate of drug-likeness (QED) is 0.714. The van der Waals surface area contributed by atoms with Gasteiger partial charge in [0.25, 0.3) is 0 Å². The Morgan fingerprint density at radius 2 is 2.06 bits per heavy atom. The molecule has 98 valence electrons. The number of rotatable bonds is 2. The lowest BCUT2D eigenvalue weighted by molar-refractivity contribution is -0.0548. The Morgan fingerprint density at radius 3 is 2.71 bits per heavy atom. The molecule has 1 N–H and O–H groups in total. The van der Waals surface area contributed by atoms with Gasteiger partial charge in [-0.3, -0.25) is 0 Å². The van der Waals surface area contributed by atoms with Gasteiger partial charge in [-0.25, -0.2) is 0 Å². The zero-order valence-electron chi connectivity index (χ0n) is 11.9. The van der Waals surface area contributed by atoms with E-state index in [1.54, 1.807) is 5.57 Å². The minimum atomic E-state index is 0.331. The van der Waals surface area contributed by atoms with Crippen molar-refractivity contribution in [2.75, 3.05) is 6.61 Å². The fourth-order valence-corrected chi connectivity index (χ4v) is 4.57. The molecule has 2 aliphatic rings. The van der Waals surface area contributed by atoms with Crippen LogP contribution in [0.2, 0.25) is 0 Å². The zero-order valence-corrected chi connectivity index (χ0v) is 11.9. The van der Waals surface area contributed by atoms with Crippen LogP contribution in [0.25, 0.3) is 0 Å². The topological polar surface area (TPSA) is 20.2 Å². The van der Waals surface area contributed by atoms with Crippen molar-refractivity contribution in [3.05, 3.63) is 11.6 Å². The van der Waals surface area contributed by atoms with E-state index < -0.39 is 0 Å². The molecule has 0 bridgehead atoms. The molecule has 0 amide bonds. The van der Waals surface area contributed by atoms with Gasteiger partial charge in [0, 0.05) is 6.61 Å². The number of allylic oxidation sites excluding steroid dienone is 2. The van der Waals surface area contributed by atoms with E-state index in [0.717, 1.165) is 18.3 Å². The Labute approximate surface area is 106 Å². The lowest BCUT2D eigenvalue weighted by Gasteiger charge is -2.58. The maximum absolute atomic E-state index is 9.43. The van der Waals surface area contributed by atoms with E-state index in [4.69, 9.17) is 0 Å². The number of hydrogen-bond donors (Lipinski definition) is 1. The molecule has 2 aliphatic carbocycles. The molecule has 1 heteroatoms. The highest BCUT2D eigenvalue weighted by atomic mass is 16.3. The van der Waals surface area contributed by atoms with Crippen LogP contribution >= 0.6 is 0 Å². The number of aliphatic hydroxyl groups excluding tert-OH is 1. The summed E-state index contributed by atoms with van der Waals surface area (Å²) in [6, 6.07) is 0. The summed E-state index contributed by atoms with van der Waals surface area (Å²) < 4.78 is 0. The Hall–Kier alpha value is -0.300. The molecule has 0 spiro atoms. The summed E-state index contributed by atoms with van der Waals surface area (Å²) >= 11 is 0. The van der Waals surface area contributed by atoms with Gasteiger partial charge in [-0.1, -0.05) is 32.4 Å². The highest BCUT2D eigenvalue weighted by Crippen LogP contribution is 2.61. The molecule has 0 aromatic heterocycles. The van der Waals surface area contributed by atoms with Gasteiger partial charge >= 0.3 is 0 Å². The smallest absolute Gasteiger partial charge is 0.0436 e. The minimum Gasteiger partial charge on any atom is -0.396 e. The Bertz CT molecular complexity index is 319. The molecule has 1 fully saturated rings. The molecule has 1 saturated carbocycles. The molecule has 0 unspecified atom stereocenters. The van der Waals surface area contributed by atoms with E-state index in [0.29, 0.717) is 17.4 Å². The average Bonchev–Trinajstić information content (AvgIpc) is 2.28. The van der Waals surface area contributed by atoms with E-state index in [9.17, 15) is 5.11 Å². The van der Waals surface area contributed by atoms with Crippen molar-refractivity contribution in [2.45, 2.75) is 59.8 Å². The van der Waals surface area contributed by atoms with Crippen molar-refractivity contribution in [2.24, 2.45) is 22.7 Å². The van der Waals surface area contributed by atoms with Gasteiger partial charge in [-0.15, -0.1) is 0 Å². The normalized spacial score (nSPS) is 46.3. The molecule has 17 heavy (non-hydrogen) atoms. The highest BCUT2D eigenvalue weighted by molar-refractivity contribution is 5.20. The number of hydrogen-bond acceptors (Lipinski definition) is 1. The molecule has 4 atom stereocenters. The van der Waals surface area contributed by atoms with Gasteiger partial charge in [0.1, 0.15) is 0 Å². The molecule has 1 nitrogen and oxygen atoms in total. The van der Waals surface area contributed by atoms with Crippen LogP contribution in [0.15, 0.2) is 11.6 Å². The first-order chi connectivity index (χ1) is 7.95. The van der Waals surface area contributed by atoms with E-state index in [-0.39, 0.29) is 0 Å². The van der Waals surface area contributed by atoms with E-state index >= 15 is 0 Å². The molecule has 0 aromatic rings. The first-order valence-electron chi connectivity index (χ1n) is 7.23. The summed E-state index contributed by atoms with van der Waals surface area (Å²) in [4.78, 5) is 0. The SMILES string of the molecule is CC1=CCC[C@@H]2[C@@](C)(CCO)[C@H](C)CC[C@@]12C. The number of fused-ring (bicyclic) bond motifs is 1. The van der Waals surface area contributed by atoms with Gasteiger partial charge in [-0.2, -0.15) is 0 Å². The average molecular weight is 236 g/mol. The second kappa shape index (κ2) is 4.42. The summed E-state index contributed by atoms with van der Waals surface area (Å²) in [5.41, 5.74) is 2.33. The third kappa shape index (κ3) is 1.87. The van der Waals surface area contributed by atoms with Gasteiger partial charge in [0.05, 0.1) is 0 Å². The Morgan fingerprint density at radius 1 is 1.35 bits per heavy atom. The van der Waals surface area contributed by atoms with E-state index in [2.05, 4.69) is 33.8 Å². The van der Waals surface area contributed by atoms with E-state index in [1.165, 1.54) is 25.7 Å². The lowest BCUT2D eigenvalue weighted by atomic mass is 9.47. The third-order valence-corrected chi connectivity index (χ3v) is 6.24. The van der Waals surface area contributed by atoms with Crippen LogP contribution in [0.4, 0.5) is 0 Å². The molecule has 0 saturated heterocycles. The monoisotopic (exact) mass is 236 g/mol. The van der Waals surface area contributed by atoms with Crippen molar-refractivity contribution in [1.82, 2.24) is 0 Å². The number of aliphatic hydroxyl groups is 1. The summed E-state index contributed by atoms with van der Waals surface area (Å²) in [5, 5.41) is 9.43. The first-order valence-corrected chi connectivity index (χ1v) is 7.23. The van der Waals surface area contributed by atoms with Crippen LogP contribution in [0.1, 0.15) is 59.8 Å².